The Morgan fingerprint density at radius 1 is 1.61 bits per heavy atom. The summed E-state index contributed by atoms with van der Waals surface area (Å²) < 4.78 is 0. The molecule has 7 heteroatoms. The van der Waals surface area contributed by atoms with Gasteiger partial charge in [0.05, 0.1) is 0 Å². The van der Waals surface area contributed by atoms with Crippen molar-refractivity contribution in [2.24, 2.45) is 0 Å². The number of nitrogens with zero attached hydrogens (tertiary/aromatic N) is 3. The maximum absolute atomic E-state index is 10.6. The highest BCUT2D eigenvalue weighted by Gasteiger charge is 2.20. The molecule has 1 heterocycles. The fourth-order valence-corrected chi connectivity index (χ4v) is 1.82. The Bertz CT molecular complexity index is 385. The zero-order valence-electron chi connectivity index (χ0n) is 10.5. The van der Waals surface area contributed by atoms with Crippen molar-refractivity contribution < 1.29 is 4.92 Å². The molecule has 1 N–H and O–H groups in total. The maximum Gasteiger partial charge on any atom is 0.232 e. The van der Waals surface area contributed by atoms with Gasteiger partial charge >= 0.3 is 0 Å². The van der Waals surface area contributed by atoms with Crippen molar-refractivity contribution in [1.82, 2.24) is 15.2 Å². The van der Waals surface area contributed by atoms with E-state index in [0.717, 1.165) is 5.56 Å². The average molecular weight is 273 g/mol. The molecule has 0 amide bonds. The van der Waals surface area contributed by atoms with Crippen molar-refractivity contribution in [3.05, 3.63) is 39.2 Å². The molecule has 1 rings (SSSR count). The smallest absolute Gasteiger partial charge is 0.232 e. The van der Waals surface area contributed by atoms with Crippen LogP contribution in [0.3, 0.4) is 0 Å². The van der Waals surface area contributed by atoms with Gasteiger partial charge in [0.15, 0.2) is 0 Å². The molecule has 0 spiro atoms. The van der Waals surface area contributed by atoms with E-state index >= 15 is 0 Å². The standard InChI is InChI=1S/C11H17ClN4O2/c1-3-15(11(13-2)8-16(17)18)7-9-4-5-10(12)14-6-9/h4-6,11,13H,3,7-8H2,1-2H3. The number of pyridine rings is 1. The molecule has 1 unspecified atom stereocenters. The molecule has 1 aromatic heterocycles. The van der Waals surface area contributed by atoms with Gasteiger partial charge in [-0.2, -0.15) is 0 Å². The SMILES string of the molecule is CCN(Cc1ccc(Cl)nc1)C(C[N+](=O)[O-])NC. The monoisotopic (exact) mass is 272 g/mol. The largest absolute Gasteiger partial charge is 0.299 e. The summed E-state index contributed by atoms with van der Waals surface area (Å²) in [5, 5.41) is 14.0. The Hall–Kier alpha value is -1.24. The van der Waals surface area contributed by atoms with Crippen molar-refractivity contribution >= 4 is 11.6 Å². The van der Waals surface area contributed by atoms with Gasteiger partial charge in [-0.3, -0.25) is 20.3 Å². The van der Waals surface area contributed by atoms with Gasteiger partial charge in [0, 0.05) is 17.7 Å². The van der Waals surface area contributed by atoms with Crippen LogP contribution in [-0.2, 0) is 6.54 Å². The van der Waals surface area contributed by atoms with E-state index in [1.54, 1.807) is 19.3 Å². The molecule has 18 heavy (non-hydrogen) atoms. The summed E-state index contributed by atoms with van der Waals surface area (Å²) in [5.41, 5.74) is 0.977. The first-order valence-electron chi connectivity index (χ1n) is 5.70. The van der Waals surface area contributed by atoms with Gasteiger partial charge in [0.2, 0.25) is 6.54 Å². The number of likely N-dealkylation sites (N-methyl/N-ethyl adjacent to an activating group) is 2. The fraction of sp³-hybridized carbons (Fsp3) is 0.545. The van der Waals surface area contributed by atoms with Crippen LogP contribution in [0.15, 0.2) is 18.3 Å². The van der Waals surface area contributed by atoms with Crippen LogP contribution in [0.4, 0.5) is 0 Å². The van der Waals surface area contributed by atoms with Crippen LogP contribution >= 0.6 is 11.6 Å². The first-order chi connectivity index (χ1) is 8.56. The van der Waals surface area contributed by atoms with Crippen LogP contribution in [0.2, 0.25) is 5.15 Å². The summed E-state index contributed by atoms with van der Waals surface area (Å²) in [7, 11) is 1.72. The molecule has 0 radical (unpaired) electrons. The number of rotatable bonds is 7. The minimum Gasteiger partial charge on any atom is -0.299 e. The van der Waals surface area contributed by atoms with Gasteiger partial charge in [0.25, 0.3) is 0 Å². The molecule has 0 aliphatic carbocycles. The van der Waals surface area contributed by atoms with Gasteiger partial charge in [-0.05, 0) is 25.2 Å². The molecular formula is C11H17ClN4O2. The molecule has 0 bridgehead atoms. The van der Waals surface area contributed by atoms with E-state index in [1.165, 1.54) is 0 Å². The number of nitro groups is 1. The van der Waals surface area contributed by atoms with Crippen LogP contribution < -0.4 is 5.32 Å². The highest BCUT2D eigenvalue weighted by Crippen LogP contribution is 2.09. The van der Waals surface area contributed by atoms with Gasteiger partial charge in [0.1, 0.15) is 11.3 Å². The van der Waals surface area contributed by atoms with Crippen molar-refractivity contribution in [2.75, 3.05) is 20.1 Å². The third kappa shape index (κ3) is 4.56. The zero-order valence-corrected chi connectivity index (χ0v) is 11.2. The van der Waals surface area contributed by atoms with E-state index in [4.69, 9.17) is 11.6 Å². The van der Waals surface area contributed by atoms with Crippen molar-refractivity contribution in [3.8, 4) is 0 Å². The fourth-order valence-electron chi connectivity index (χ4n) is 1.71. The highest BCUT2D eigenvalue weighted by molar-refractivity contribution is 6.29. The Balaban J connectivity index is 2.70. The molecule has 0 saturated carbocycles. The van der Waals surface area contributed by atoms with Crippen molar-refractivity contribution in [3.63, 3.8) is 0 Å². The Morgan fingerprint density at radius 3 is 2.78 bits per heavy atom. The second-order valence-corrected chi connectivity index (χ2v) is 4.26. The van der Waals surface area contributed by atoms with Crippen LogP contribution in [0.1, 0.15) is 12.5 Å². The summed E-state index contributed by atoms with van der Waals surface area (Å²) >= 11 is 5.71. The van der Waals surface area contributed by atoms with Gasteiger partial charge < -0.3 is 0 Å². The maximum atomic E-state index is 10.6. The van der Waals surface area contributed by atoms with Gasteiger partial charge in [-0.25, -0.2) is 4.98 Å². The average Bonchev–Trinajstić information content (AvgIpc) is 2.35. The van der Waals surface area contributed by atoms with Gasteiger partial charge in [-0.15, -0.1) is 0 Å². The third-order valence-corrected chi connectivity index (χ3v) is 2.90. The quantitative estimate of drug-likeness (QED) is 0.351. The Kier molecular flexibility index (Phi) is 5.97. The predicted molar refractivity (Wildman–Crippen MR) is 70.0 cm³/mol. The van der Waals surface area contributed by atoms with E-state index in [0.29, 0.717) is 18.2 Å². The lowest BCUT2D eigenvalue weighted by molar-refractivity contribution is -0.488. The van der Waals surface area contributed by atoms with E-state index in [9.17, 15) is 10.1 Å². The highest BCUT2D eigenvalue weighted by atomic mass is 35.5. The first-order valence-corrected chi connectivity index (χ1v) is 6.08. The molecule has 0 aliphatic rings. The summed E-state index contributed by atoms with van der Waals surface area (Å²) in [6.07, 6.45) is 1.39. The normalized spacial score (nSPS) is 12.7. The number of nitrogens with one attached hydrogen (secondary N) is 1. The van der Waals surface area contributed by atoms with Crippen LogP contribution in [0.25, 0.3) is 0 Å². The molecule has 100 valence electrons. The van der Waals surface area contributed by atoms with Crippen molar-refractivity contribution in [2.45, 2.75) is 19.6 Å². The summed E-state index contributed by atoms with van der Waals surface area (Å²) in [6, 6.07) is 3.59. The van der Waals surface area contributed by atoms with Crippen molar-refractivity contribution in [1.29, 1.82) is 0 Å². The number of halogens is 1. The van der Waals surface area contributed by atoms with E-state index in [2.05, 4.69) is 10.3 Å². The molecule has 1 aromatic rings. The van der Waals surface area contributed by atoms with E-state index in [-0.39, 0.29) is 17.6 Å². The Labute approximate surface area is 111 Å². The van der Waals surface area contributed by atoms with Gasteiger partial charge in [-0.1, -0.05) is 24.6 Å². The number of aromatic nitrogens is 1. The minimum atomic E-state index is -0.316. The number of hydrogen-bond donors (Lipinski definition) is 1. The zero-order chi connectivity index (χ0) is 13.5. The molecule has 1 atom stereocenters. The minimum absolute atomic E-state index is 0.134. The van der Waals surface area contributed by atoms with Crippen LogP contribution in [0.5, 0.6) is 0 Å². The lowest BCUT2D eigenvalue weighted by Gasteiger charge is -2.27. The summed E-state index contributed by atoms with van der Waals surface area (Å²) in [4.78, 5) is 16.3. The second kappa shape index (κ2) is 7.25. The molecule has 0 aliphatic heterocycles. The van der Waals surface area contributed by atoms with Crippen LogP contribution in [-0.4, -0.2) is 41.1 Å². The third-order valence-electron chi connectivity index (χ3n) is 2.68. The molecule has 0 saturated heterocycles. The topological polar surface area (TPSA) is 71.3 Å². The summed E-state index contributed by atoms with van der Waals surface area (Å²) in [6.45, 7) is 3.14. The van der Waals surface area contributed by atoms with Crippen LogP contribution in [0, 0.1) is 10.1 Å². The lowest BCUT2D eigenvalue weighted by Crippen LogP contribution is -2.47. The molecule has 6 nitrogen and oxygen atoms in total. The molecule has 0 fully saturated rings. The molecule has 0 aromatic carbocycles. The number of hydrogen-bond acceptors (Lipinski definition) is 5. The second-order valence-electron chi connectivity index (χ2n) is 3.87. The Morgan fingerprint density at radius 2 is 2.33 bits per heavy atom. The van der Waals surface area contributed by atoms with E-state index < -0.39 is 0 Å². The first kappa shape index (κ1) is 14.8. The predicted octanol–water partition coefficient (Wildman–Crippen LogP) is 1.38. The molecular weight excluding hydrogens is 256 g/mol. The lowest BCUT2D eigenvalue weighted by atomic mass is 10.2. The van der Waals surface area contributed by atoms with E-state index in [1.807, 2.05) is 17.9 Å². The summed E-state index contributed by atoms with van der Waals surface area (Å²) in [5.74, 6) is 0.